The van der Waals surface area contributed by atoms with Crippen LogP contribution in [0.4, 0.5) is 0 Å². The molecule has 0 saturated heterocycles. The Morgan fingerprint density at radius 1 is 1.35 bits per heavy atom. The fraction of sp³-hybridized carbons (Fsp3) is 0.462. The van der Waals surface area contributed by atoms with Crippen LogP contribution in [0.15, 0.2) is 24.3 Å². The first-order valence-corrected chi connectivity index (χ1v) is 6.56. The standard InChI is InChI=1S/C13H18N2OS/c1-10(8-15(2)3)9-16-13-11-6-4-5-7-12(11)17-14-13/h4-7,10H,8-9H2,1-3H3. The minimum absolute atomic E-state index is 0.505. The highest BCUT2D eigenvalue weighted by molar-refractivity contribution is 7.13. The maximum Gasteiger partial charge on any atom is 0.233 e. The summed E-state index contributed by atoms with van der Waals surface area (Å²) in [6.45, 7) is 3.93. The summed E-state index contributed by atoms with van der Waals surface area (Å²) < 4.78 is 11.3. The van der Waals surface area contributed by atoms with Crippen molar-refractivity contribution in [2.45, 2.75) is 6.92 Å². The third-order valence-electron chi connectivity index (χ3n) is 2.53. The van der Waals surface area contributed by atoms with Crippen molar-refractivity contribution >= 4 is 21.6 Å². The van der Waals surface area contributed by atoms with E-state index in [1.54, 1.807) is 0 Å². The van der Waals surface area contributed by atoms with E-state index >= 15 is 0 Å². The topological polar surface area (TPSA) is 25.4 Å². The van der Waals surface area contributed by atoms with Gasteiger partial charge in [-0.2, -0.15) is 4.37 Å². The molecule has 1 aromatic heterocycles. The van der Waals surface area contributed by atoms with Crippen molar-refractivity contribution in [3.63, 3.8) is 0 Å². The molecular formula is C13H18N2OS. The fourth-order valence-electron chi connectivity index (χ4n) is 1.86. The van der Waals surface area contributed by atoms with Crippen LogP contribution in [0, 0.1) is 5.92 Å². The van der Waals surface area contributed by atoms with Gasteiger partial charge in [-0.15, -0.1) is 0 Å². The van der Waals surface area contributed by atoms with Crippen LogP contribution in [0.1, 0.15) is 6.92 Å². The number of rotatable bonds is 5. The molecule has 17 heavy (non-hydrogen) atoms. The van der Waals surface area contributed by atoms with E-state index in [2.05, 4.69) is 42.4 Å². The Morgan fingerprint density at radius 2 is 2.12 bits per heavy atom. The van der Waals surface area contributed by atoms with Crippen molar-refractivity contribution in [3.8, 4) is 5.88 Å². The van der Waals surface area contributed by atoms with E-state index in [0.29, 0.717) is 12.5 Å². The van der Waals surface area contributed by atoms with Crippen LogP contribution in [-0.2, 0) is 0 Å². The zero-order valence-electron chi connectivity index (χ0n) is 10.5. The van der Waals surface area contributed by atoms with Gasteiger partial charge < -0.3 is 9.64 Å². The van der Waals surface area contributed by atoms with Gasteiger partial charge in [0.1, 0.15) is 0 Å². The van der Waals surface area contributed by atoms with Crippen LogP contribution in [0.25, 0.3) is 10.1 Å². The molecule has 0 spiro atoms. The van der Waals surface area contributed by atoms with Crippen LogP contribution in [0.5, 0.6) is 5.88 Å². The van der Waals surface area contributed by atoms with Gasteiger partial charge in [-0.1, -0.05) is 19.1 Å². The molecule has 0 aliphatic rings. The highest BCUT2D eigenvalue weighted by Gasteiger charge is 2.09. The van der Waals surface area contributed by atoms with Gasteiger partial charge in [-0.3, -0.25) is 0 Å². The first-order chi connectivity index (χ1) is 8.16. The van der Waals surface area contributed by atoms with Crippen molar-refractivity contribution in [1.82, 2.24) is 9.27 Å². The molecule has 0 saturated carbocycles. The van der Waals surface area contributed by atoms with Crippen molar-refractivity contribution in [2.75, 3.05) is 27.2 Å². The van der Waals surface area contributed by atoms with Crippen LogP contribution < -0.4 is 4.74 Å². The lowest BCUT2D eigenvalue weighted by Gasteiger charge is -2.16. The third-order valence-corrected chi connectivity index (χ3v) is 3.34. The number of fused-ring (bicyclic) bond motifs is 1. The third kappa shape index (κ3) is 3.17. The summed E-state index contributed by atoms with van der Waals surface area (Å²) in [6, 6.07) is 8.18. The van der Waals surface area contributed by atoms with E-state index in [1.165, 1.54) is 16.2 Å². The molecule has 1 aromatic carbocycles. The Hall–Kier alpha value is -1.13. The van der Waals surface area contributed by atoms with Gasteiger partial charge in [0.05, 0.1) is 16.7 Å². The van der Waals surface area contributed by atoms with Crippen LogP contribution in [-0.4, -0.2) is 36.5 Å². The molecule has 0 fully saturated rings. The highest BCUT2D eigenvalue weighted by Crippen LogP contribution is 2.28. The monoisotopic (exact) mass is 250 g/mol. The van der Waals surface area contributed by atoms with Crippen molar-refractivity contribution in [1.29, 1.82) is 0 Å². The van der Waals surface area contributed by atoms with Gasteiger partial charge in [-0.25, -0.2) is 0 Å². The van der Waals surface area contributed by atoms with Crippen LogP contribution in [0.3, 0.4) is 0 Å². The van der Waals surface area contributed by atoms with Gasteiger partial charge in [-0.05, 0) is 37.8 Å². The minimum atomic E-state index is 0.505. The lowest BCUT2D eigenvalue weighted by Crippen LogP contribution is -2.24. The molecule has 0 aliphatic heterocycles. The number of hydrogen-bond acceptors (Lipinski definition) is 4. The summed E-state index contributed by atoms with van der Waals surface area (Å²) in [7, 11) is 4.16. The van der Waals surface area contributed by atoms with E-state index in [0.717, 1.165) is 17.8 Å². The molecule has 1 heterocycles. The highest BCUT2D eigenvalue weighted by atomic mass is 32.1. The molecule has 0 amide bonds. The van der Waals surface area contributed by atoms with E-state index in [4.69, 9.17) is 4.74 Å². The molecule has 0 bridgehead atoms. The molecule has 2 aromatic rings. The summed E-state index contributed by atoms with van der Waals surface area (Å²) in [5.74, 6) is 1.28. The summed E-state index contributed by atoms with van der Waals surface area (Å²) in [4.78, 5) is 2.17. The summed E-state index contributed by atoms with van der Waals surface area (Å²) in [6.07, 6.45) is 0. The normalized spacial score (nSPS) is 13.2. The predicted octanol–water partition coefficient (Wildman–Crippen LogP) is 2.87. The Morgan fingerprint density at radius 3 is 2.88 bits per heavy atom. The second kappa shape index (κ2) is 5.47. The quantitative estimate of drug-likeness (QED) is 0.816. The summed E-state index contributed by atoms with van der Waals surface area (Å²) in [5, 5.41) is 1.12. The van der Waals surface area contributed by atoms with Gasteiger partial charge in [0.25, 0.3) is 0 Å². The summed E-state index contributed by atoms with van der Waals surface area (Å²) in [5.41, 5.74) is 0. The number of ether oxygens (including phenoxy) is 1. The number of hydrogen-bond donors (Lipinski definition) is 0. The lowest BCUT2D eigenvalue weighted by atomic mass is 10.2. The largest absolute Gasteiger partial charge is 0.476 e. The van der Waals surface area contributed by atoms with Gasteiger partial charge in [0.2, 0.25) is 5.88 Å². The van der Waals surface area contributed by atoms with Gasteiger partial charge in [0.15, 0.2) is 0 Å². The molecule has 1 atom stereocenters. The van der Waals surface area contributed by atoms with Crippen LogP contribution >= 0.6 is 11.5 Å². The van der Waals surface area contributed by atoms with E-state index in [9.17, 15) is 0 Å². The second-order valence-electron chi connectivity index (χ2n) is 4.66. The lowest BCUT2D eigenvalue weighted by molar-refractivity contribution is 0.219. The molecule has 1 unspecified atom stereocenters. The Kier molecular flexibility index (Phi) is 3.97. The second-order valence-corrected chi connectivity index (χ2v) is 5.47. The number of benzene rings is 1. The number of nitrogens with zero attached hydrogens (tertiary/aromatic N) is 2. The Bertz CT molecular complexity index is 481. The maximum absolute atomic E-state index is 5.79. The zero-order chi connectivity index (χ0) is 12.3. The molecule has 0 N–H and O–H groups in total. The smallest absolute Gasteiger partial charge is 0.233 e. The fourth-order valence-corrected chi connectivity index (χ4v) is 2.59. The van der Waals surface area contributed by atoms with E-state index < -0.39 is 0 Å². The van der Waals surface area contributed by atoms with E-state index in [1.807, 2.05) is 12.1 Å². The molecule has 4 heteroatoms. The van der Waals surface area contributed by atoms with E-state index in [-0.39, 0.29) is 0 Å². The Labute approximate surface area is 106 Å². The molecule has 0 aliphatic carbocycles. The molecule has 92 valence electrons. The van der Waals surface area contributed by atoms with Crippen molar-refractivity contribution in [3.05, 3.63) is 24.3 Å². The predicted molar refractivity (Wildman–Crippen MR) is 72.8 cm³/mol. The van der Waals surface area contributed by atoms with Crippen molar-refractivity contribution < 1.29 is 4.74 Å². The Balaban J connectivity index is 1.99. The average molecular weight is 250 g/mol. The molecular weight excluding hydrogens is 232 g/mol. The molecule has 0 radical (unpaired) electrons. The van der Waals surface area contributed by atoms with Crippen LogP contribution in [0.2, 0.25) is 0 Å². The zero-order valence-corrected chi connectivity index (χ0v) is 11.3. The van der Waals surface area contributed by atoms with Gasteiger partial charge in [0, 0.05) is 12.5 Å². The van der Waals surface area contributed by atoms with Gasteiger partial charge >= 0.3 is 0 Å². The summed E-state index contributed by atoms with van der Waals surface area (Å²) >= 11 is 1.49. The SMILES string of the molecule is CC(COc1nsc2ccccc12)CN(C)C. The maximum atomic E-state index is 5.79. The van der Waals surface area contributed by atoms with Crippen molar-refractivity contribution in [2.24, 2.45) is 5.92 Å². The molecule has 3 nitrogen and oxygen atoms in total. The average Bonchev–Trinajstić information content (AvgIpc) is 2.69. The minimum Gasteiger partial charge on any atom is -0.476 e. The first-order valence-electron chi connectivity index (χ1n) is 5.78. The number of aromatic nitrogens is 1. The molecule has 2 rings (SSSR count). The first kappa shape index (κ1) is 12.3.